The number of hydrogen-bond acceptors (Lipinski definition) is 7. The van der Waals surface area contributed by atoms with Crippen LogP contribution in [0.1, 0.15) is 22.8 Å². The number of halogens is 1. The zero-order chi connectivity index (χ0) is 22.9. The number of hydrogen-bond donors (Lipinski definition) is 1. The maximum atomic E-state index is 13.4. The van der Waals surface area contributed by atoms with E-state index in [-0.39, 0.29) is 47.9 Å². The Labute approximate surface area is 191 Å². The second kappa shape index (κ2) is 9.45. The molecule has 0 saturated carbocycles. The molecule has 8 nitrogen and oxygen atoms in total. The van der Waals surface area contributed by atoms with Gasteiger partial charge in [0.2, 0.25) is 0 Å². The van der Waals surface area contributed by atoms with Crippen molar-refractivity contribution in [2.24, 2.45) is 5.73 Å². The summed E-state index contributed by atoms with van der Waals surface area (Å²) in [7, 11) is -7.60. The van der Waals surface area contributed by atoms with E-state index in [0.717, 1.165) is 21.8 Å². The van der Waals surface area contributed by atoms with Gasteiger partial charge in [0.25, 0.3) is 10.2 Å². The molecule has 12 heteroatoms. The van der Waals surface area contributed by atoms with Gasteiger partial charge in [-0.2, -0.15) is 17.0 Å². The molecule has 4 rings (SSSR count). The van der Waals surface area contributed by atoms with Crippen molar-refractivity contribution < 1.29 is 26.0 Å². The molecule has 2 N–H and O–H groups in total. The van der Waals surface area contributed by atoms with Crippen molar-refractivity contribution in [2.75, 3.05) is 38.6 Å². The maximum Gasteiger partial charge on any atom is 0.282 e. The van der Waals surface area contributed by atoms with E-state index in [9.17, 15) is 21.2 Å². The number of ether oxygens (including phenoxy) is 1. The first-order chi connectivity index (χ1) is 15.2. The topological polar surface area (TPSA) is 110 Å². The van der Waals surface area contributed by atoms with Gasteiger partial charge in [-0.25, -0.2) is 12.8 Å². The molecule has 0 aliphatic carbocycles. The number of thiophene rings is 1. The summed E-state index contributed by atoms with van der Waals surface area (Å²) in [4.78, 5) is 0.747. The van der Waals surface area contributed by atoms with Gasteiger partial charge in [0.1, 0.15) is 10.0 Å². The highest BCUT2D eigenvalue weighted by Gasteiger charge is 2.45. The van der Waals surface area contributed by atoms with Crippen molar-refractivity contribution in [3.8, 4) is 0 Å². The lowest BCUT2D eigenvalue weighted by atomic mass is 9.97. The molecule has 2 atom stereocenters. The highest BCUT2D eigenvalue weighted by atomic mass is 32.2. The molecule has 0 radical (unpaired) electrons. The monoisotopic (exact) mass is 503 g/mol. The van der Waals surface area contributed by atoms with Gasteiger partial charge in [0.15, 0.2) is 9.84 Å². The molecule has 0 amide bonds. The average Bonchev–Trinajstić information content (AvgIpc) is 3.43. The molecule has 2 saturated heterocycles. The van der Waals surface area contributed by atoms with Gasteiger partial charge in [-0.1, -0.05) is 12.1 Å². The second-order valence-corrected chi connectivity index (χ2v) is 13.2. The summed E-state index contributed by atoms with van der Waals surface area (Å²) in [6.45, 7) is 1.44. The predicted octanol–water partition coefficient (Wildman–Crippen LogP) is 1.55. The fourth-order valence-corrected chi connectivity index (χ4v) is 9.01. The summed E-state index contributed by atoms with van der Waals surface area (Å²) in [6.07, 6.45) is 0.337. The van der Waals surface area contributed by atoms with Gasteiger partial charge in [0.05, 0.1) is 19.0 Å². The molecule has 2 aliphatic heterocycles. The first kappa shape index (κ1) is 23.7. The van der Waals surface area contributed by atoms with Gasteiger partial charge >= 0.3 is 0 Å². The Balaban J connectivity index is 1.63. The molecule has 0 spiro atoms. The Hall–Kier alpha value is -1.41. The van der Waals surface area contributed by atoms with Gasteiger partial charge in [-0.05, 0) is 42.2 Å². The summed E-state index contributed by atoms with van der Waals surface area (Å²) in [5.41, 5.74) is 6.40. The van der Waals surface area contributed by atoms with Crippen molar-refractivity contribution in [1.29, 1.82) is 0 Å². The van der Waals surface area contributed by atoms with Crippen molar-refractivity contribution >= 4 is 31.4 Å². The molecule has 2 aliphatic rings. The summed E-state index contributed by atoms with van der Waals surface area (Å²) < 4.78 is 74.6. The highest BCUT2D eigenvalue weighted by molar-refractivity contribution is 7.93. The van der Waals surface area contributed by atoms with E-state index < -0.39 is 26.1 Å². The van der Waals surface area contributed by atoms with Crippen LogP contribution in [0.2, 0.25) is 0 Å². The van der Waals surface area contributed by atoms with Crippen LogP contribution >= 0.6 is 11.3 Å². The minimum Gasteiger partial charge on any atom is -0.379 e. The van der Waals surface area contributed by atoms with Gasteiger partial charge in [-0.15, -0.1) is 11.3 Å². The average molecular weight is 504 g/mol. The smallest absolute Gasteiger partial charge is 0.282 e. The van der Waals surface area contributed by atoms with Crippen LogP contribution in [0.15, 0.2) is 40.6 Å². The van der Waals surface area contributed by atoms with Crippen molar-refractivity contribution in [3.63, 3.8) is 0 Å². The Morgan fingerprint density at radius 3 is 2.38 bits per heavy atom. The summed E-state index contributed by atoms with van der Waals surface area (Å²) >= 11 is 1.11. The van der Waals surface area contributed by atoms with E-state index in [2.05, 4.69) is 0 Å². The van der Waals surface area contributed by atoms with Crippen LogP contribution in [-0.4, -0.2) is 70.1 Å². The number of sulfone groups is 1. The molecular formula is C20H26FN3O5S3. The molecule has 3 heterocycles. The molecule has 2 fully saturated rings. The quantitative estimate of drug-likeness (QED) is 0.614. The molecule has 1 aromatic carbocycles. The van der Waals surface area contributed by atoms with E-state index in [0.29, 0.717) is 19.6 Å². The van der Waals surface area contributed by atoms with Gasteiger partial charge in [-0.3, -0.25) is 0 Å². The zero-order valence-electron chi connectivity index (χ0n) is 17.4. The minimum atomic E-state index is -3.88. The van der Waals surface area contributed by atoms with E-state index >= 15 is 0 Å². The molecule has 1 aromatic heterocycles. The minimum absolute atomic E-state index is 0.143. The summed E-state index contributed by atoms with van der Waals surface area (Å²) in [5.74, 6) is -0.926. The second-order valence-electron chi connectivity index (χ2n) is 7.93. The normalized spacial score (nSPS) is 23.6. The maximum absolute atomic E-state index is 13.4. The lowest BCUT2D eigenvalue weighted by Gasteiger charge is -2.32. The highest BCUT2D eigenvalue weighted by Crippen LogP contribution is 2.36. The Bertz CT molecular complexity index is 1150. The lowest BCUT2D eigenvalue weighted by Crippen LogP contribution is -2.51. The lowest BCUT2D eigenvalue weighted by molar-refractivity contribution is 0.0700. The fourth-order valence-electron chi connectivity index (χ4n) is 4.19. The third-order valence-corrected chi connectivity index (χ3v) is 11.4. The zero-order valence-corrected chi connectivity index (χ0v) is 19.8. The van der Waals surface area contributed by atoms with Crippen molar-refractivity contribution in [3.05, 3.63) is 52.7 Å². The van der Waals surface area contributed by atoms with Crippen LogP contribution < -0.4 is 5.73 Å². The first-order valence-electron chi connectivity index (χ1n) is 10.3. The first-order valence-corrected chi connectivity index (χ1v) is 14.2. The van der Waals surface area contributed by atoms with Crippen LogP contribution in [0.4, 0.5) is 4.39 Å². The Kier molecular flexibility index (Phi) is 7.01. The number of rotatable bonds is 7. The van der Waals surface area contributed by atoms with E-state index in [1.54, 1.807) is 18.2 Å². The summed E-state index contributed by atoms with van der Waals surface area (Å²) in [5, 5.41) is 0. The molecular weight excluding hydrogens is 477 g/mol. The SMILES string of the molecule is NCc1ccc(S(=O)(=O)C[C@H]2C[C@@H](c3ccc(F)cc3)CN2S(=O)(=O)N2CCOCC2)s1. The number of benzene rings is 1. The number of nitrogens with zero attached hydrogens (tertiary/aromatic N) is 2. The number of morpholine rings is 1. The largest absolute Gasteiger partial charge is 0.379 e. The molecule has 0 bridgehead atoms. The fraction of sp³-hybridized carbons (Fsp3) is 0.500. The van der Waals surface area contributed by atoms with Crippen molar-refractivity contribution in [2.45, 2.75) is 29.1 Å². The van der Waals surface area contributed by atoms with Crippen LogP contribution in [0.25, 0.3) is 0 Å². The predicted molar refractivity (Wildman–Crippen MR) is 120 cm³/mol. The van der Waals surface area contributed by atoms with Gasteiger partial charge < -0.3 is 10.5 Å². The van der Waals surface area contributed by atoms with Crippen LogP contribution in [0.3, 0.4) is 0 Å². The summed E-state index contributed by atoms with van der Waals surface area (Å²) in [6, 6.07) is 8.39. The number of nitrogens with two attached hydrogens (primary N) is 1. The molecule has 2 aromatic rings. The van der Waals surface area contributed by atoms with Crippen molar-refractivity contribution in [1.82, 2.24) is 8.61 Å². The molecule has 32 heavy (non-hydrogen) atoms. The van der Waals surface area contributed by atoms with E-state index in [1.807, 2.05) is 0 Å². The van der Waals surface area contributed by atoms with Crippen LogP contribution in [-0.2, 0) is 31.3 Å². The Morgan fingerprint density at radius 2 is 1.75 bits per heavy atom. The third kappa shape index (κ3) is 4.91. The third-order valence-electron chi connectivity index (χ3n) is 5.85. The standard InChI is InChI=1S/C20H26FN3O5S3/c21-17-3-1-15(2-4-17)16-11-18(14-31(25,26)20-6-5-19(12-22)30-20)24(13-16)32(27,28)23-7-9-29-10-8-23/h1-6,16,18H,7-14,22H2/t16-,18-/m1/s1. The molecule has 176 valence electrons. The Morgan fingerprint density at radius 1 is 1.06 bits per heavy atom. The van der Waals surface area contributed by atoms with E-state index in [4.69, 9.17) is 10.5 Å². The van der Waals surface area contributed by atoms with Gasteiger partial charge in [0, 0.05) is 37.1 Å². The van der Waals surface area contributed by atoms with Crippen LogP contribution in [0.5, 0.6) is 0 Å². The molecule has 0 unspecified atom stereocenters. The van der Waals surface area contributed by atoms with E-state index in [1.165, 1.54) is 26.8 Å². The van der Waals surface area contributed by atoms with Crippen LogP contribution in [0, 0.1) is 5.82 Å².